The van der Waals surface area contributed by atoms with E-state index in [1.807, 2.05) is 7.05 Å². The lowest BCUT2D eigenvalue weighted by molar-refractivity contribution is 0.152. The molecule has 1 aliphatic heterocycles. The summed E-state index contributed by atoms with van der Waals surface area (Å²) in [4.78, 5) is 2.15. The molecule has 1 saturated heterocycles. The Balaban J connectivity index is 2.10. The van der Waals surface area contributed by atoms with Crippen LogP contribution in [0.15, 0.2) is 0 Å². The van der Waals surface area contributed by atoms with Crippen molar-refractivity contribution in [1.29, 1.82) is 0 Å². The molecule has 1 aromatic heterocycles. The molecule has 13 heavy (non-hydrogen) atoms. The van der Waals surface area contributed by atoms with Crippen molar-refractivity contribution < 1.29 is 4.74 Å². The molecule has 0 amide bonds. The molecule has 6 heteroatoms. The number of aryl methyl sites for hydroxylation is 1. The van der Waals surface area contributed by atoms with Gasteiger partial charge in [0.2, 0.25) is 5.95 Å². The molecule has 0 N–H and O–H groups in total. The maximum absolute atomic E-state index is 5.34. The van der Waals surface area contributed by atoms with E-state index in [9.17, 15) is 0 Å². The van der Waals surface area contributed by atoms with E-state index in [0.717, 1.165) is 38.7 Å². The van der Waals surface area contributed by atoms with E-state index in [1.54, 1.807) is 4.68 Å². The van der Waals surface area contributed by atoms with Crippen LogP contribution in [-0.2, 0) is 11.8 Å². The number of hydrogen-bond donors (Lipinski definition) is 0. The number of nitrogens with zero attached hydrogens (tertiary/aromatic N) is 5. The van der Waals surface area contributed by atoms with Crippen LogP contribution < -0.4 is 4.90 Å². The van der Waals surface area contributed by atoms with Gasteiger partial charge in [-0.25, -0.2) is 4.68 Å². The van der Waals surface area contributed by atoms with Crippen LogP contribution >= 0.6 is 0 Å². The Labute approximate surface area is 76.5 Å². The van der Waals surface area contributed by atoms with Crippen molar-refractivity contribution >= 4 is 5.95 Å². The first-order valence-electron chi connectivity index (χ1n) is 4.43. The number of hydrogen-bond acceptors (Lipinski definition) is 5. The zero-order valence-corrected chi connectivity index (χ0v) is 7.68. The van der Waals surface area contributed by atoms with Gasteiger partial charge in [-0.05, 0) is 16.8 Å². The topological polar surface area (TPSA) is 56.1 Å². The van der Waals surface area contributed by atoms with Crippen LogP contribution in [-0.4, -0.2) is 46.5 Å². The third kappa shape index (κ3) is 1.77. The molecular weight excluding hydrogens is 170 g/mol. The lowest BCUT2D eigenvalue weighted by Crippen LogP contribution is -2.28. The van der Waals surface area contributed by atoms with Crippen LogP contribution in [0.4, 0.5) is 5.95 Å². The van der Waals surface area contributed by atoms with Gasteiger partial charge in [-0.1, -0.05) is 5.10 Å². The van der Waals surface area contributed by atoms with Gasteiger partial charge in [-0.3, -0.25) is 0 Å². The molecule has 2 heterocycles. The maximum atomic E-state index is 5.34. The average Bonchev–Trinajstić information content (AvgIpc) is 2.43. The molecular formula is C7H13N5O. The summed E-state index contributed by atoms with van der Waals surface area (Å²) in [7, 11) is 1.85. The largest absolute Gasteiger partial charge is 0.380 e. The minimum atomic E-state index is 0.757. The van der Waals surface area contributed by atoms with E-state index in [1.165, 1.54) is 0 Å². The molecule has 1 fully saturated rings. The molecule has 0 radical (unpaired) electrons. The van der Waals surface area contributed by atoms with E-state index in [-0.39, 0.29) is 0 Å². The van der Waals surface area contributed by atoms with E-state index in [4.69, 9.17) is 4.74 Å². The quantitative estimate of drug-likeness (QED) is 0.584. The molecule has 0 spiro atoms. The Morgan fingerprint density at radius 3 is 3.00 bits per heavy atom. The summed E-state index contributed by atoms with van der Waals surface area (Å²) in [6.45, 7) is 3.43. The van der Waals surface area contributed by atoms with Gasteiger partial charge in [0.15, 0.2) is 0 Å². The summed E-state index contributed by atoms with van der Waals surface area (Å²) in [5.74, 6) is 0.825. The summed E-state index contributed by atoms with van der Waals surface area (Å²) in [6.07, 6.45) is 1.03. The van der Waals surface area contributed by atoms with Gasteiger partial charge in [0.25, 0.3) is 0 Å². The van der Waals surface area contributed by atoms with Crippen LogP contribution in [0.5, 0.6) is 0 Å². The monoisotopic (exact) mass is 183 g/mol. The molecule has 0 atom stereocenters. The van der Waals surface area contributed by atoms with Crippen molar-refractivity contribution in [2.75, 3.05) is 31.2 Å². The second-order valence-electron chi connectivity index (χ2n) is 3.06. The number of tetrazole rings is 1. The SMILES string of the molecule is Cn1nnnc1N1CCCOCC1. The van der Waals surface area contributed by atoms with Gasteiger partial charge < -0.3 is 9.64 Å². The highest BCUT2D eigenvalue weighted by molar-refractivity contribution is 5.27. The molecule has 1 aliphatic rings. The third-order valence-corrected chi connectivity index (χ3v) is 2.10. The second-order valence-corrected chi connectivity index (χ2v) is 3.06. The predicted molar refractivity (Wildman–Crippen MR) is 46.4 cm³/mol. The second kappa shape index (κ2) is 3.69. The van der Waals surface area contributed by atoms with Crippen molar-refractivity contribution in [3.63, 3.8) is 0 Å². The molecule has 0 aromatic carbocycles. The zero-order chi connectivity index (χ0) is 9.10. The predicted octanol–water partition coefficient (Wildman–Crippen LogP) is -0.563. The van der Waals surface area contributed by atoms with Gasteiger partial charge in [-0.2, -0.15) is 0 Å². The van der Waals surface area contributed by atoms with Crippen LogP contribution in [0.1, 0.15) is 6.42 Å². The van der Waals surface area contributed by atoms with Gasteiger partial charge in [-0.15, -0.1) is 0 Å². The van der Waals surface area contributed by atoms with Gasteiger partial charge in [0.05, 0.1) is 6.61 Å². The van der Waals surface area contributed by atoms with E-state index >= 15 is 0 Å². The molecule has 6 nitrogen and oxygen atoms in total. The summed E-state index contributed by atoms with van der Waals surface area (Å²) < 4.78 is 7.03. The molecule has 0 aliphatic carbocycles. The zero-order valence-electron chi connectivity index (χ0n) is 7.68. The van der Waals surface area contributed by atoms with Crippen LogP contribution in [0, 0.1) is 0 Å². The molecule has 0 unspecified atom stereocenters. The fourth-order valence-electron chi connectivity index (χ4n) is 1.44. The van der Waals surface area contributed by atoms with Crippen molar-refractivity contribution in [3.8, 4) is 0 Å². The summed E-state index contributed by atoms with van der Waals surface area (Å²) >= 11 is 0. The average molecular weight is 183 g/mol. The minimum absolute atomic E-state index is 0.757. The molecule has 0 saturated carbocycles. The Morgan fingerprint density at radius 2 is 2.23 bits per heavy atom. The smallest absolute Gasteiger partial charge is 0.245 e. The highest BCUT2D eigenvalue weighted by Gasteiger charge is 2.14. The first-order chi connectivity index (χ1) is 6.38. The third-order valence-electron chi connectivity index (χ3n) is 2.10. The van der Waals surface area contributed by atoms with Gasteiger partial charge in [0, 0.05) is 26.7 Å². The lowest BCUT2D eigenvalue weighted by atomic mass is 10.4. The van der Waals surface area contributed by atoms with Gasteiger partial charge in [0.1, 0.15) is 0 Å². The summed E-state index contributed by atoms with van der Waals surface area (Å²) in [5.41, 5.74) is 0. The molecule has 72 valence electrons. The maximum Gasteiger partial charge on any atom is 0.245 e. The fourth-order valence-corrected chi connectivity index (χ4v) is 1.44. The van der Waals surface area contributed by atoms with Crippen LogP contribution in [0.3, 0.4) is 0 Å². The number of rotatable bonds is 1. The highest BCUT2D eigenvalue weighted by atomic mass is 16.5. The number of aromatic nitrogens is 4. The Morgan fingerprint density at radius 1 is 1.31 bits per heavy atom. The molecule has 1 aromatic rings. The number of ether oxygens (including phenoxy) is 1. The standard InChI is InChI=1S/C7H13N5O/c1-11-7(8-9-10-11)12-3-2-5-13-6-4-12/h2-6H2,1H3. The van der Waals surface area contributed by atoms with Gasteiger partial charge >= 0.3 is 0 Å². The Hall–Kier alpha value is -1.17. The van der Waals surface area contributed by atoms with Crippen molar-refractivity contribution in [3.05, 3.63) is 0 Å². The van der Waals surface area contributed by atoms with E-state index in [2.05, 4.69) is 20.4 Å². The minimum Gasteiger partial charge on any atom is -0.380 e. The van der Waals surface area contributed by atoms with Crippen molar-refractivity contribution in [1.82, 2.24) is 20.2 Å². The summed E-state index contributed by atoms with van der Waals surface area (Å²) in [5, 5.41) is 11.4. The number of anilines is 1. The van der Waals surface area contributed by atoms with E-state index < -0.39 is 0 Å². The Kier molecular flexibility index (Phi) is 2.40. The molecule has 0 bridgehead atoms. The first-order valence-corrected chi connectivity index (χ1v) is 4.43. The molecule has 2 rings (SSSR count). The normalized spacial score (nSPS) is 18.7. The highest BCUT2D eigenvalue weighted by Crippen LogP contribution is 2.09. The van der Waals surface area contributed by atoms with Crippen LogP contribution in [0.2, 0.25) is 0 Å². The first kappa shape index (κ1) is 8.43. The Bertz CT molecular complexity index is 266. The fraction of sp³-hybridized carbons (Fsp3) is 0.857. The summed E-state index contributed by atoms with van der Waals surface area (Å²) in [6, 6.07) is 0. The lowest BCUT2D eigenvalue weighted by Gasteiger charge is -2.18. The van der Waals surface area contributed by atoms with Crippen LogP contribution in [0.25, 0.3) is 0 Å². The van der Waals surface area contributed by atoms with Crippen molar-refractivity contribution in [2.45, 2.75) is 6.42 Å². The van der Waals surface area contributed by atoms with E-state index in [0.29, 0.717) is 0 Å². The van der Waals surface area contributed by atoms with Crippen molar-refractivity contribution in [2.24, 2.45) is 7.05 Å².